The minimum Gasteiger partial charge on any atom is -0.465 e. The molecule has 1 aromatic heterocycles. The Labute approximate surface area is 128 Å². The minimum absolute atomic E-state index is 0.151. The first-order valence-corrected chi connectivity index (χ1v) is 7.15. The van der Waals surface area contributed by atoms with Crippen molar-refractivity contribution in [3.05, 3.63) is 54.5 Å². The normalized spacial score (nSPS) is 14.7. The summed E-state index contributed by atoms with van der Waals surface area (Å²) in [5.74, 6) is 0.539. The van der Waals surface area contributed by atoms with Gasteiger partial charge in [-0.25, -0.2) is 0 Å². The number of hydrogen-bond acceptors (Lipinski definition) is 3. The van der Waals surface area contributed by atoms with Gasteiger partial charge in [0, 0.05) is 30.4 Å². The van der Waals surface area contributed by atoms with Crippen LogP contribution in [0.4, 0.5) is 11.4 Å². The predicted octanol–water partition coefficient (Wildman–Crippen LogP) is 3.06. The number of nitrogens with zero attached hydrogens (tertiary/aromatic N) is 1. The van der Waals surface area contributed by atoms with E-state index in [0.717, 1.165) is 18.7 Å². The Kier molecular flexibility index (Phi) is 4.05. The van der Waals surface area contributed by atoms with Crippen LogP contribution in [0.15, 0.2) is 53.2 Å². The smallest absolute Gasteiger partial charge is 0.248 e. The van der Waals surface area contributed by atoms with Crippen LogP contribution in [0.3, 0.4) is 0 Å². The average Bonchev–Trinajstić information content (AvgIpc) is 3.17. The maximum atomic E-state index is 11.8. The maximum absolute atomic E-state index is 11.8. The summed E-state index contributed by atoms with van der Waals surface area (Å²) in [7, 11) is 0. The van der Waals surface area contributed by atoms with Crippen molar-refractivity contribution in [1.82, 2.24) is 0 Å². The lowest BCUT2D eigenvalue weighted by Gasteiger charge is -2.15. The Morgan fingerprint density at radius 3 is 2.68 bits per heavy atom. The Bertz CT molecular complexity index is 687. The van der Waals surface area contributed by atoms with Crippen molar-refractivity contribution in [3.63, 3.8) is 0 Å². The molecule has 0 spiro atoms. The molecule has 1 aliphatic rings. The van der Waals surface area contributed by atoms with Crippen LogP contribution in [-0.2, 0) is 9.59 Å². The van der Waals surface area contributed by atoms with Crippen molar-refractivity contribution in [2.24, 2.45) is 0 Å². The molecule has 0 aliphatic carbocycles. The minimum atomic E-state index is -0.235. The lowest BCUT2D eigenvalue weighted by Crippen LogP contribution is -2.23. The van der Waals surface area contributed by atoms with Gasteiger partial charge in [0.15, 0.2) is 0 Å². The monoisotopic (exact) mass is 296 g/mol. The predicted molar refractivity (Wildman–Crippen MR) is 84.4 cm³/mol. The summed E-state index contributed by atoms with van der Waals surface area (Å²) in [5.41, 5.74) is 1.55. The quantitative estimate of drug-likeness (QED) is 0.882. The molecule has 2 amide bonds. The molecule has 2 heterocycles. The fourth-order valence-corrected chi connectivity index (χ4v) is 2.37. The highest BCUT2D eigenvalue weighted by molar-refractivity contribution is 6.02. The highest BCUT2D eigenvalue weighted by atomic mass is 16.3. The molecular formula is C17H16N2O3. The van der Waals surface area contributed by atoms with Crippen molar-refractivity contribution < 1.29 is 14.0 Å². The molecule has 1 fully saturated rings. The summed E-state index contributed by atoms with van der Waals surface area (Å²) in [5, 5.41) is 2.76. The molecule has 3 rings (SSSR count). The number of anilines is 2. The van der Waals surface area contributed by atoms with Gasteiger partial charge in [-0.2, -0.15) is 0 Å². The van der Waals surface area contributed by atoms with E-state index < -0.39 is 0 Å². The first-order chi connectivity index (χ1) is 10.7. The van der Waals surface area contributed by atoms with E-state index in [1.807, 2.05) is 12.1 Å². The summed E-state index contributed by atoms with van der Waals surface area (Å²) in [4.78, 5) is 25.2. The molecule has 2 aromatic rings. The second kappa shape index (κ2) is 6.30. The summed E-state index contributed by atoms with van der Waals surface area (Å²) in [6.45, 7) is 0.760. The number of benzene rings is 1. The highest BCUT2D eigenvalue weighted by Crippen LogP contribution is 2.23. The van der Waals surface area contributed by atoms with Crippen LogP contribution in [-0.4, -0.2) is 18.4 Å². The molecule has 1 aromatic carbocycles. The van der Waals surface area contributed by atoms with Crippen LogP contribution in [0.2, 0.25) is 0 Å². The topological polar surface area (TPSA) is 62.6 Å². The highest BCUT2D eigenvalue weighted by Gasteiger charge is 2.21. The number of rotatable bonds is 4. The van der Waals surface area contributed by atoms with Gasteiger partial charge in [-0.05, 0) is 48.9 Å². The average molecular weight is 296 g/mol. The van der Waals surface area contributed by atoms with Gasteiger partial charge < -0.3 is 14.6 Å². The van der Waals surface area contributed by atoms with Crippen molar-refractivity contribution in [2.75, 3.05) is 16.8 Å². The zero-order valence-electron chi connectivity index (χ0n) is 12.0. The lowest BCUT2D eigenvalue weighted by atomic mass is 10.2. The number of nitrogens with one attached hydrogen (secondary N) is 1. The van der Waals surface area contributed by atoms with E-state index in [9.17, 15) is 9.59 Å². The number of furan rings is 1. The summed E-state index contributed by atoms with van der Waals surface area (Å²) >= 11 is 0. The van der Waals surface area contributed by atoms with Gasteiger partial charge in [-0.15, -0.1) is 0 Å². The first kappa shape index (κ1) is 14.1. The molecule has 22 heavy (non-hydrogen) atoms. The van der Waals surface area contributed by atoms with Crippen molar-refractivity contribution in [1.29, 1.82) is 0 Å². The van der Waals surface area contributed by atoms with Crippen LogP contribution in [0.1, 0.15) is 18.6 Å². The third kappa shape index (κ3) is 3.25. The molecule has 112 valence electrons. The van der Waals surface area contributed by atoms with Crippen LogP contribution < -0.4 is 10.2 Å². The SMILES string of the molecule is O=C(/C=C/c1ccco1)Nc1ccc(N2CCCC2=O)cc1. The zero-order valence-corrected chi connectivity index (χ0v) is 12.0. The van der Waals surface area contributed by atoms with Crippen molar-refractivity contribution >= 4 is 29.3 Å². The largest absolute Gasteiger partial charge is 0.465 e. The molecule has 1 aliphatic heterocycles. The van der Waals surface area contributed by atoms with Gasteiger partial charge in [-0.1, -0.05) is 0 Å². The molecule has 5 heteroatoms. The van der Waals surface area contributed by atoms with Gasteiger partial charge in [0.05, 0.1) is 6.26 Å². The summed E-state index contributed by atoms with van der Waals surface area (Å²) < 4.78 is 5.11. The maximum Gasteiger partial charge on any atom is 0.248 e. The molecule has 0 unspecified atom stereocenters. The first-order valence-electron chi connectivity index (χ1n) is 7.15. The summed E-state index contributed by atoms with van der Waals surface area (Å²) in [6.07, 6.45) is 6.07. The summed E-state index contributed by atoms with van der Waals surface area (Å²) in [6, 6.07) is 10.8. The standard InChI is InChI=1S/C17H16N2O3/c20-16(10-9-15-3-2-12-22-15)18-13-5-7-14(8-6-13)19-11-1-4-17(19)21/h2-3,5-10,12H,1,4,11H2,(H,18,20)/b10-9+. The molecule has 0 atom stereocenters. The molecule has 5 nitrogen and oxygen atoms in total. The van der Waals surface area contributed by atoms with Gasteiger partial charge in [0.25, 0.3) is 0 Å². The number of hydrogen-bond donors (Lipinski definition) is 1. The number of amides is 2. The Balaban J connectivity index is 1.61. The van der Waals surface area contributed by atoms with Gasteiger partial charge in [-0.3, -0.25) is 9.59 Å². The Morgan fingerprint density at radius 1 is 1.23 bits per heavy atom. The van der Waals surface area contributed by atoms with E-state index in [4.69, 9.17) is 4.42 Å². The Hall–Kier alpha value is -2.82. The van der Waals surface area contributed by atoms with E-state index in [0.29, 0.717) is 17.9 Å². The fraction of sp³-hybridized carbons (Fsp3) is 0.176. The Morgan fingerprint density at radius 2 is 2.05 bits per heavy atom. The fourth-order valence-electron chi connectivity index (χ4n) is 2.37. The lowest BCUT2D eigenvalue weighted by molar-refractivity contribution is -0.117. The van der Waals surface area contributed by atoms with Crippen molar-refractivity contribution in [2.45, 2.75) is 12.8 Å². The van der Waals surface area contributed by atoms with Gasteiger partial charge >= 0.3 is 0 Å². The molecule has 0 radical (unpaired) electrons. The molecule has 0 saturated carbocycles. The number of carbonyl (C=O) groups is 2. The second-order valence-corrected chi connectivity index (χ2v) is 5.03. The van der Waals surface area contributed by atoms with Gasteiger partial charge in [0.2, 0.25) is 11.8 Å². The van der Waals surface area contributed by atoms with Crippen LogP contribution in [0.25, 0.3) is 6.08 Å². The third-order valence-corrected chi connectivity index (χ3v) is 3.46. The van der Waals surface area contributed by atoms with E-state index >= 15 is 0 Å². The molecule has 1 saturated heterocycles. The van der Waals surface area contributed by atoms with E-state index in [1.54, 1.807) is 41.5 Å². The molecule has 0 bridgehead atoms. The van der Waals surface area contributed by atoms with Crippen molar-refractivity contribution in [3.8, 4) is 0 Å². The van der Waals surface area contributed by atoms with Crippen LogP contribution in [0.5, 0.6) is 0 Å². The third-order valence-electron chi connectivity index (χ3n) is 3.46. The molecular weight excluding hydrogens is 280 g/mol. The second-order valence-electron chi connectivity index (χ2n) is 5.03. The molecule has 1 N–H and O–H groups in total. The van der Waals surface area contributed by atoms with Crippen LogP contribution >= 0.6 is 0 Å². The van der Waals surface area contributed by atoms with Crippen LogP contribution in [0, 0.1) is 0 Å². The van der Waals surface area contributed by atoms with Gasteiger partial charge in [0.1, 0.15) is 5.76 Å². The zero-order chi connectivity index (χ0) is 15.4. The van der Waals surface area contributed by atoms with E-state index in [-0.39, 0.29) is 11.8 Å². The van der Waals surface area contributed by atoms with E-state index in [2.05, 4.69) is 5.32 Å². The number of carbonyl (C=O) groups excluding carboxylic acids is 2. The van der Waals surface area contributed by atoms with E-state index in [1.165, 1.54) is 6.08 Å².